The minimum absolute atomic E-state index is 0.583. The lowest BCUT2D eigenvalue weighted by atomic mass is 10.2. The lowest BCUT2D eigenvalue weighted by Gasteiger charge is -2.21. The van der Waals surface area contributed by atoms with E-state index in [1.807, 2.05) is 23.9 Å². The van der Waals surface area contributed by atoms with Crippen LogP contribution in [0.25, 0.3) is 0 Å². The molecule has 0 amide bonds. The van der Waals surface area contributed by atoms with Gasteiger partial charge in [-0.3, -0.25) is 0 Å². The summed E-state index contributed by atoms with van der Waals surface area (Å²) in [6.45, 7) is 1.82. The number of hydrogen-bond donors (Lipinski definition) is 0. The lowest BCUT2D eigenvalue weighted by Crippen LogP contribution is -2.17. The molecule has 1 aliphatic rings. The molecule has 0 saturated carbocycles. The summed E-state index contributed by atoms with van der Waals surface area (Å²) >= 11 is 7.82. The van der Waals surface area contributed by atoms with Gasteiger partial charge in [-0.2, -0.15) is 11.8 Å². The van der Waals surface area contributed by atoms with Gasteiger partial charge in [-0.1, -0.05) is 11.6 Å². The fourth-order valence-electron chi connectivity index (χ4n) is 1.59. The first kappa shape index (κ1) is 11.2. The second-order valence-electron chi connectivity index (χ2n) is 3.61. The highest BCUT2D eigenvalue weighted by molar-refractivity contribution is 7.99. The molecule has 0 spiro atoms. The van der Waals surface area contributed by atoms with Gasteiger partial charge in [-0.25, -0.2) is 4.98 Å². The van der Waals surface area contributed by atoms with Crippen LogP contribution < -0.4 is 0 Å². The molecule has 0 bridgehead atoms. The Morgan fingerprint density at radius 1 is 1.47 bits per heavy atom. The van der Waals surface area contributed by atoms with Gasteiger partial charge in [0.2, 0.25) is 0 Å². The Morgan fingerprint density at radius 2 is 2.27 bits per heavy atom. The van der Waals surface area contributed by atoms with E-state index in [1.54, 1.807) is 6.20 Å². The average Bonchev–Trinajstić information content (AvgIpc) is 2.28. The van der Waals surface area contributed by atoms with Crippen LogP contribution in [0.3, 0.4) is 0 Å². The predicted molar refractivity (Wildman–Crippen MR) is 64.4 cm³/mol. The van der Waals surface area contributed by atoms with E-state index in [9.17, 15) is 0 Å². The molecule has 1 fully saturated rings. The fraction of sp³-hybridized carbons (Fsp3) is 0.545. The Morgan fingerprint density at radius 3 is 3.00 bits per heavy atom. The molecule has 4 heteroatoms. The summed E-state index contributed by atoms with van der Waals surface area (Å²) in [5, 5.41) is 1.32. The van der Waals surface area contributed by atoms with E-state index in [1.165, 1.54) is 18.4 Å². The van der Waals surface area contributed by atoms with Crippen LogP contribution in [0.5, 0.6) is 0 Å². The summed E-state index contributed by atoms with van der Waals surface area (Å²) in [7, 11) is 0. The Kier molecular flexibility index (Phi) is 4.29. The maximum atomic E-state index is 5.83. The molecule has 1 aromatic heterocycles. The monoisotopic (exact) mass is 243 g/mol. The van der Waals surface area contributed by atoms with Gasteiger partial charge >= 0.3 is 0 Å². The molecular formula is C11H14ClNOS. The van der Waals surface area contributed by atoms with Gasteiger partial charge in [0.05, 0.1) is 0 Å². The first-order valence-electron chi connectivity index (χ1n) is 5.14. The van der Waals surface area contributed by atoms with E-state index in [-0.39, 0.29) is 0 Å². The maximum Gasteiger partial charge on any atom is 0.129 e. The quantitative estimate of drug-likeness (QED) is 0.762. The highest BCUT2D eigenvalue weighted by atomic mass is 35.5. The van der Waals surface area contributed by atoms with Crippen LogP contribution in [0.15, 0.2) is 18.3 Å². The minimum Gasteiger partial charge on any atom is -0.381 e. The molecule has 15 heavy (non-hydrogen) atoms. The molecule has 0 aliphatic carbocycles. The zero-order chi connectivity index (χ0) is 10.5. The number of aromatic nitrogens is 1. The van der Waals surface area contributed by atoms with Gasteiger partial charge < -0.3 is 4.74 Å². The van der Waals surface area contributed by atoms with E-state index < -0.39 is 0 Å². The van der Waals surface area contributed by atoms with Crippen molar-refractivity contribution in [2.45, 2.75) is 23.8 Å². The third-order valence-electron chi connectivity index (χ3n) is 2.45. The first-order chi connectivity index (χ1) is 7.34. The molecule has 82 valence electrons. The normalized spacial score (nSPS) is 17.9. The third-order valence-corrected chi connectivity index (χ3v) is 4.09. The second kappa shape index (κ2) is 5.73. The van der Waals surface area contributed by atoms with Crippen molar-refractivity contribution < 1.29 is 4.74 Å². The van der Waals surface area contributed by atoms with Crippen molar-refractivity contribution in [2.24, 2.45) is 0 Å². The zero-order valence-corrected chi connectivity index (χ0v) is 10.1. The number of nitrogens with zero attached hydrogens (tertiary/aromatic N) is 1. The van der Waals surface area contributed by atoms with E-state index in [4.69, 9.17) is 16.3 Å². The van der Waals surface area contributed by atoms with Gasteiger partial charge in [-0.05, 0) is 30.5 Å². The summed E-state index contributed by atoms with van der Waals surface area (Å²) in [5.74, 6) is 1.02. The topological polar surface area (TPSA) is 22.1 Å². The number of rotatable bonds is 3. The van der Waals surface area contributed by atoms with Gasteiger partial charge in [0.25, 0.3) is 0 Å². The van der Waals surface area contributed by atoms with Crippen molar-refractivity contribution in [3.8, 4) is 0 Å². The van der Waals surface area contributed by atoms with Crippen LogP contribution in [-0.2, 0) is 10.5 Å². The van der Waals surface area contributed by atoms with Crippen molar-refractivity contribution in [2.75, 3.05) is 13.2 Å². The highest BCUT2D eigenvalue weighted by Crippen LogP contribution is 2.25. The Hall–Kier alpha value is -0.250. The Bertz CT molecular complexity index is 315. The lowest BCUT2D eigenvalue weighted by molar-refractivity contribution is 0.1000. The van der Waals surface area contributed by atoms with Gasteiger partial charge in [0.15, 0.2) is 0 Å². The van der Waals surface area contributed by atoms with Crippen molar-refractivity contribution >= 4 is 23.4 Å². The number of pyridine rings is 1. The first-order valence-corrected chi connectivity index (χ1v) is 6.57. The number of thioether (sulfide) groups is 1. The van der Waals surface area contributed by atoms with Gasteiger partial charge in [-0.15, -0.1) is 0 Å². The summed E-state index contributed by atoms with van der Waals surface area (Å²) < 4.78 is 5.33. The Labute approximate surface area is 99.4 Å². The molecule has 0 N–H and O–H groups in total. The van der Waals surface area contributed by atoms with E-state index in [2.05, 4.69) is 4.98 Å². The maximum absolute atomic E-state index is 5.83. The van der Waals surface area contributed by atoms with Gasteiger partial charge in [0.1, 0.15) is 5.15 Å². The predicted octanol–water partition coefficient (Wildman–Crippen LogP) is 3.15. The molecule has 2 rings (SSSR count). The van der Waals surface area contributed by atoms with Gasteiger partial charge in [0, 0.05) is 30.4 Å². The van der Waals surface area contributed by atoms with Crippen molar-refractivity contribution in [1.82, 2.24) is 4.98 Å². The average molecular weight is 244 g/mol. The number of halogens is 1. The minimum atomic E-state index is 0.583. The number of ether oxygens (including phenoxy) is 1. The highest BCUT2D eigenvalue weighted by Gasteiger charge is 2.13. The van der Waals surface area contributed by atoms with Crippen LogP contribution in [0, 0.1) is 0 Å². The van der Waals surface area contributed by atoms with Crippen molar-refractivity contribution in [1.29, 1.82) is 0 Å². The summed E-state index contributed by atoms with van der Waals surface area (Å²) in [6.07, 6.45) is 4.11. The smallest absolute Gasteiger partial charge is 0.129 e. The molecule has 0 aromatic carbocycles. The molecule has 1 saturated heterocycles. The van der Waals surface area contributed by atoms with Crippen LogP contribution in [0.2, 0.25) is 5.15 Å². The zero-order valence-electron chi connectivity index (χ0n) is 8.49. The molecule has 0 radical (unpaired) electrons. The third kappa shape index (κ3) is 3.67. The SMILES string of the molecule is Clc1cc(CSC2CCOCC2)ccn1. The Balaban J connectivity index is 1.81. The van der Waals surface area contributed by atoms with Crippen LogP contribution in [0.1, 0.15) is 18.4 Å². The van der Waals surface area contributed by atoms with Crippen LogP contribution >= 0.6 is 23.4 Å². The number of hydrogen-bond acceptors (Lipinski definition) is 3. The van der Waals surface area contributed by atoms with E-state index in [0.717, 1.165) is 24.2 Å². The molecule has 1 aromatic rings. The van der Waals surface area contributed by atoms with Crippen LogP contribution in [-0.4, -0.2) is 23.4 Å². The molecule has 0 unspecified atom stereocenters. The molecule has 0 atom stereocenters. The van der Waals surface area contributed by atoms with Crippen LogP contribution in [0.4, 0.5) is 0 Å². The molecular weight excluding hydrogens is 230 g/mol. The molecule has 2 heterocycles. The molecule has 2 nitrogen and oxygen atoms in total. The summed E-state index contributed by atoms with van der Waals surface area (Å²) in [5.41, 5.74) is 1.26. The van der Waals surface area contributed by atoms with Crippen molar-refractivity contribution in [3.05, 3.63) is 29.0 Å². The van der Waals surface area contributed by atoms with Crippen molar-refractivity contribution in [3.63, 3.8) is 0 Å². The summed E-state index contributed by atoms with van der Waals surface area (Å²) in [6, 6.07) is 3.96. The van der Waals surface area contributed by atoms with E-state index >= 15 is 0 Å². The second-order valence-corrected chi connectivity index (χ2v) is 5.29. The fourth-order valence-corrected chi connectivity index (χ4v) is 2.92. The molecule has 1 aliphatic heterocycles. The largest absolute Gasteiger partial charge is 0.381 e. The standard InChI is InChI=1S/C11H14ClNOS/c12-11-7-9(1-4-13-11)8-15-10-2-5-14-6-3-10/h1,4,7,10H,2-3,5-6,8H2. The van der Waals surface area contributed by atoms with E-state index in [0.29, 0.717) is 5.15 Å². The summed E-state index contributed by atoms with van der Waals surface area (Å²) in [4.78, 5) is 3.97.